The van der Waals surface area contributed by atoms with Crippen LogP contribution in [0, 0.1) is 17.5 Å². The zero-order chi connectivity index (χ0) is 18.2. The molecule has 3 N–H and O–H groups in total. The number of rotatable bonds is 6. The molecule has 0 aliphatic heterocycles. The molecule has 0 radical (unpaired) electrons. The molecule has 0 unspecified atom stereocenters. The minimum absolute atomic E-state index is 0.370. The number of amides is 3. The summed E-state index contributed by atoms with van der Waals surface area (Å²) in [6, 6.07) is 10.5. The van der Waals surface area contributed by atoms with Gasteiger partial charge in [-0.3, -0.25) is 4.79 Å². The Morgan fingerprint density at radius 3 is 2.32 bits per heavy atom. The van der Waals surface area contributed by atoms with E-state index in [9.17, 15) is 22.8 Å². The second-order valence-electron chi connectivity index (χ2n) is 5.12. The van der Waals surface area contributed by atoms with E-state index in [-0.39, 0.29) is 0 Å². The number of benzene rings is 2. The molecule has 3 amide bonds. The molecule has 2 aromatic rings. The molecule has 2 aromatic carbocycles. The third kappa shape index (κ3) is 5.52. The van der Waals surface area contributed by atoms with Gasteiger partial charge in [0.15, 0.2) is 17.5 Å². The smallest absolute Gasteiger partial charge is 0.315 e. The van der Waals surface area contributed by atoms with Crippen LogP contribution in [-0.2, 0) is 11.2 Å². The van der Waals surface area contributed by atoms with Crippen LogP contribution in [0.1, 0.15) is 5.56 Å². The zero-order valence-electron chi connectivity index (χ0n) is 13.1. The number of anilines is 1. The van der Waals surface area contributed by atoms with Crippen LogP contribution in [-0.4, -0.2) is 25.0 Å². The van der Waals surface area contributed by atoms with Crippen LogP contribution in [0.25, 0.3) is 0 Å². The summed E-state index contributed by atoms with van der Waals surface area (Å²) in [4.78, 5) is 23.2. The first-order valence-electron chi connectivity index (χ1n) is 7.46. The summed E-state index contributed by atoms with van der Waals surface area (Å²) in [6.07, 6.45) is 0.626. The van der Waals surface area contributed by atoms with Gasteiger partial charge in [0.1, 0.15) is 0 Å². The highest BCUT2D eigenvalue weighted by molar-refractivity contribution is 5.94. The second kappa shape index (κ2) is 8.72. The predicted molar refractivity (Wildman–Crippen MR) is 86.5 cm³/mol. The molecule has 5 nitrogen and oxygen atoms in total. The average Bonchev–Trinajstić information content (AvgIpc) is 2.61. The van der Waals surface area contributed by atoms with Crippen LogP contribution in [0.5, 0.6) is 0 Å². The van der Waals surface area contributed by atoms with E-state index in [0.29, 0.717) is 19.0 Å². The Balaban J connectivity index is 1.72. The first-order valence-corrected chi connectivity index (χ1v) is 7.46. The molecule has 8 heteroatoms. The topological polar surface area (TPSA) is 70.2 Å². The highest BCUT2D eigenvalue weighted by Gasteiger charge is 2.15. The van der Waals surface area contributed by atoms with Crippen molar-refractivity contribution in [3.05, 3.63) is 65.5 Å². The third-order valence-corrected chi connectivity index (χ3v) is 3.26. The van der Waals surface area contributed by atoms with Gasteiger partial charge in [0, 0.05) is 6.54 Å². The molecular formula is C17H16F3N3O2. The molecule has 0 saturated carbocycles. The lowest BCUT2D eigenvalue weighted by Crippen LogP contribution is -2.40. The van der Waals surface area contributed by atoms with Crippen molar-refractivity contribution in [2.24, 2.45) is 0 Å². The quantitative estimate of drug-likeness (QED) is 0.700. The van der Waals surface area contributed by atoms with Crippen molar-refractivity contribution in [3.63, 3.8) is 0 Å². The maximum atomic E-state index is 13.4. The SMILES string of the molecule is O=C(CNC(=O)NCCc1ccccc1)Nc1ccc(F)c(F)c1F. The van der Waals surface area contributed by atoms with Crippen LogP contribution in [0.4, 0.5) is 23.7 Å². The highest BCUT2D eigenvalue weighted by Crippen LogP contribution is 2.19. The molecule has 2 rings (SSSR count). The molecule has 0 heterocycles. The molecule has 0 aliphatic carbocycles. The molecule has 0 bridgehead atoms. The number of hydrogen-bond donors (Lipinski definition) is 3. The summed E-state index contributed by atoms with van der Waals surface area (Å²) in [7, 11) is 0. The van der Waals surface area contributed by atoms with Crippen molar-refractivity contribution in [1.29, 1.82) is 0 Å². The maximum absolute atomic E-state index is 13.4. The van der Waals surface area contributed by atoms with Crippen molar-refractivity contribution >= 4 is 17.6 Å². The van der Waals surface area contributed by atoms with E-state index in [1.165, 1.54) is 0 Å². The molecular weight excluding hydrogens is 335 g/mol. The summed E-state index contributed by atoms with van der Waals surface area (Å²) in [5.41, 5.74) is 0.546. The number of halogens is 3. The summed E-state index contributed by atoms with van der Waals surface area (Å²) in [5.74, 6) is -5.31. The second-order valence-corrected chi connectivity index (χ2v) is 5.12. The molecule has 0 atom stereocenters. The van der Waals surface area contributed by atoms with Gasteiger partial charge in [-0.15, -0.1) is 0 Å². The van der Waals surface area contributed by atoms with E-state index in [0.717, 1.165) is 11.6 Å². The number of carbonyl (C=O) groups is 2. The van der Waals surface area contributed by atoms with Crippen molar-refractivity contribution < 1.29 is 22.8 Å². The van der Waals surface area contributed by atoms with E-state index in [1.54, 1.807) is 0 Å². The summed E-state index contributed by atoms with van der Waals surface area (Å²) in [5, 5.41) is 6.90. The minimum Gasteiger partial charge on any atom is -0.338 e. The third-order valence-electron chi connectivity index (χ3n) is 3.26. The van der Waals surface area contributed by atoms with Crippen LogP contribution in [0.15, 0.2) is 42.5 Å². The van der Waals surface area contributed by atoms with Crippen LogP contribution >= 0.6 is 0 Å². The Bertz CT molecular complexity index is 754. The molecule has 132 valence electrons. The first-order chi connectivity index (χ1) is 12.0. The van der Waals surface area contributed by atoms with Crippen molar-refractivity contribution in [2.45, 2.75) is 6.42 Å². The number of hydrogen-bond acceptors (Lipinski definition) is 2. The molecule has 0 aromatic heterocycles. The van der Waals surface area contributed by atoms with E-state index >= 15 is 0 Å². The van der Waals surface area contributed by atoms with E-state index in [1.807, 2.05) is 30.3 Å². The highest BCUT2D eigenvalue weighted by atomic mass is 19.2. The summed E-state index contributed by atoms with van der Waals surface area (Å²) in [6.45, 7) is -0.0785. The molecule has 0 aliphatic rings. The van der Waals surface area contributed by atoms with Gasteiger partial charge in [0.2, 0.25) is 5.91 Å². The van der Waals surface area contributed by atoms with Gasteiger partial charge in [-0.05, 0) is 24.1 Å². The summed E-state index contributed by atoms with van der Waals surface area (Å²) >= 11 is 0. The van der Waals surface area contributed by atoms with E-state index in [2.05, 4.69) is 16.0 Å². The monoisotopic (exact) mass is 351 g/mol. The van der Waals surface area contributed by atoms with Crippen molar-refractivity contribution in [2.75, 3.05) is 18.4 Å². The van der Waals surface area contributed by atoms with Gasteiger partial charge in [0.05, 0.1) is 12.2 Å². The van der Waals surface area contributed by atoms with Crippen LogP contribution < -0.4 is 16.0 Å². The number of carbonyl (C=O) groups excluding carboxylic acids is 2. The lowest BCUT2D eigenvalue weighted by Gasteiger charge is -2.09. The maximum Gasteiger partial charge on any atom is 0.315 e. The zero-order valence-corrected chi connectivity index (χ0v) is 13.1. The Kier molecular flexibility index (Phi) is 6.39. The number of urea groups is 1. The fraction of sp³-hybridized carbons (Fsp3) is 0.176. The van der Waals surface area contributed by atoms with Gasteiger partial charge in [-0.25, -0.2) is 18.0 Å². The van der Waals surface area contributed by atoms with E-state index < -0.39 is 41.6 Å². The number of nitrogens with one attached hydrogen (secondary N) is 3. The molecule has 0 saturated heterocycles. The van der Waals surface area contributed by atoms with Crippen molar-refractivity contribution in [1.82, 2.24) is 10.6 Å². The molecule has 25 heavy (non-hydrogen) atoms. The average molecular weight is 351 g/mol. The Morgan fingerprint density at radius 1 is 0.880 bits per heavy atom. The standard InChI is InChI=1S/C17H16F3N3O2/c18-12-6-7-13(16(20)15(12)19)23-14(24)10-22-17(25)21-9-8-11-4-2-1-3-5-11/h1-7H,8-10H2,(H,23,24)(H2,21,22,25). The van der Waals surface area contributed by atoms with Crippen LogP contribution in [0.3, 0.4) is 0 Å². The van der Waals surface area contributed by atoms with Gasteiger partial charge in [-0.2, -0.15) is 0 Å². The first kappa shape index (κ1) is 18.3. The Morgan fingerprint density at radius 2 is 1.60 bits per heavy atom. The van der Waals surface area contributed by atoms with Gasteiger partial charge < -0.3 is 16.0 Å². The van der Waals surface area contributed by atoms with Crippen LogP contribution in [0.2, 0.25) is 0 Å². The van der Waals surface area contributed by atoms with Gasteiger partial charge >= 0.3 is 6.03 Å². The Labute approximate surface area is 142 Å². The normalized spacial score (nSPS) is 10.2. The Hall–Kier alpha value is -3.03. The molecule has 0 spiro atoms. The minimum atomic E-state index is -1.68. The van der Waals surface area contributed by atoms with Gasteiger partial charge in [0.25, 0.3) is 0 Å². The largest absolute Gasteiger partial charge is 0.338 e. The fourth-order valence-corrected chi connectivity index (χ4v) is 2.00. The van der Waals surface area contributed by atoms with Crippen molar-refractivity contribution in [3.8, 4) is 0 Å². The lowest BCUT2D eigenvalue weighted by atomic mass is 10.1. The molecule has 0 fully saturated rings. The predicted octanol–water partition coefficient (Wildman–Crippen LogP) is 2.58. The van der Waals surface area contributed by atoms with Gasteiger partial charge in [-0.1, -0.05) is 30.3 Å². The van der Waals surface area contributed by atoms with E-state index in [4.69, 9.17) is 0 Å². The summed E-state index contributed by atoms with van der Waals surface area (Å²) < 4.78 is 39.3. The fourth-order valence-electron chi connectivity index (χ4n) is 2.00. The lowest BCUT2D eigenvalue weighted by molar-refractivity contribution is -0.115.